The SMILES string of the molecule is C[C@@H]1CN(c2cc(C(F)(F)F)cc(NC(=O)c3ccc(Br)cc3N3CCC4(CC3)CC4)n2)CCO1. The number of amides is 1. The zero-order valence-electron chi connectivity index (χ0n) is 19.5. The first-order valence-electron chi connectivity index (χ1n) is 11.9. The summed E-state index contributed by atoms with van der Waals surface area (Å²) in [4.78, 5) is 21.6. The fourth-order valence-corrected chi connectivity index (χ4v) is 5.32. The van der Waals surface area contributed by atoms with Crippen molar-refractivity contribution >= 4 is 39.2 Å². The predicted molar refractivity (Wildman–Crippen MR) is 132 cm³/mol. The lowest BCUT2D eigenvalue weighted by molar-refractivity contribution is -0.137. The van der Waals surface area contributed by atoms with Gasteiger partial charge in [-0.25, -0.2) is 4.98 Å². The normalized spacial score (nSPS) is 21.8. The van der Waals surface area contributed by atoms with Gasteiger partial charge in [-0.2, -0.15) is 13.2 Å². The number of pyridine rings is 1. The molecule has 1 aliphatic carbocycles. The van der Waals surface area contributed by atoms with E-state index in [9.17, 15) is 18.0 Å². The highest BCUT2D eigenvalue weighted by molar-refractivity contribution is 9.10. The molecule has 10 heteroatoms. The fourth-order valence-electron chi connectivity index (χ4n) is 4.97. The standard InChI is InChI=1S/C25H28BrF3N4O2/c1-16-15-33(10-11-35-16)22-13-17(25(27,28)29)12-21(30-22)31-23(34)19-3-2-18(26)14-20(19)32-8-6-24(4-5-24)7-9-32/h2-3,12-14,16H,4-11,15H2,1H3,(H,30,31,34)/t16-/m1/s1. The van der Waals surface area contributed by atoms with Crippen molar-refractivity contribution in [3.05, 3.63) is 45.9 Å². The lowest BCUT2D eigenvalue weighted by Crippen LogP contribution is -2.41. The molecule has 3 heterocycles. The topological polar surface area (TPSA) is 57.7 Å². The highest BCUT2D eigenvalue weighted by Gasteiger charge is 2.44. The highest BCUT2D eigenvalue weighted by atomic mass is 79.9. The fraction of sp³-hybridized carbons (Fsp3) is 0.520. The number of hydrogen-bond acceptors (Lipinski definition) is 5. The van der Waals surface area contributed by atoms with E-state index in [2.05, 4.69) is 31.1 Å². The van der Waals surface area contributed by atoms with Crippen molar-refractivity contribution in [2.45, 2.75) is 44.9 Å². The largest absolute Gasteiger partial charge is 0.416 e. The number of rotatable bonds is 4. The van der Waals surface area contributed by atoms with E-state index < -0.39 is 17.6 Å². The molecule has 2 aliphatic heterocycles. The van der Waals surface area contributed by atoms with Crippen LogP contribution in [0.3, 0.4) is 0 Å². The van der Waals surface area contributed by atoms with Crippen molar-refractivity contribution in [3.63, 3.8) is 0 Å². The first kappa shape index (κ1) is 24.4. The van der Waals surface area contributed by atoms with Crippen molar-refractivity contribution in [3.8, 4) is 0 Å². The smallest absolute Gasteiger partial charge is 0.375 e. The van der Waals surface area contributed by atoms with Crippen molar-refractivity contribution < 1.29 is 22.7 Å². The first-order valence-corrected chi connectivity index (χ1v) is 12.7. The zero-order valence-corrected chi connectivity index (χ0v) is 21.1. The minimum Gasteiger partial charge on any atom is -0.375 e. The van der Waals surface area contributed by atoms with Crippen LogP contribution in [0.15, 0.2) is 34.8 Å². The molecule has 0 radical (unpaired) electrons. The summed E-state index contributed by atoms with van der Waals surface area (Å²) in [6, 6.07) is 7.29. The van der Waals surface area contributed by atoms with E-state index in [1.165, 1.54) is 12.8 Å². The van der Waals surface area contributed by atoms with Crippen LogP contribution >= 0.6 is 15.9 Å². The average molecular weight is 553 g/mol. The minimum atomic E-state index is -4.57. The number of benzene rings is 1. The number of hydrogen-bond donors (Lipinski definition) is 1. The highest BCUT2D eigenvalue weighted by Crippen LogP contribution is 2.54. The molecule has 1 amide bonds. The number of carbonyl (C=O) groups excluding carboxylic acids is 1. The summed E-state index contributed by atoms with van der Waals surface area (Å²) in [6.45, 7) is 4.84. The Labute approximate surface area is 211 Å². The molecule has 2 aromatic rings. The summed E-state index contributed by atoms with van der Waals surface area (Å²) in [5.74, 6) is -0.428. The van der Waals surface area contributed by atoms with E-state index in [0.29, 0.717) is 30.7 Å². The number of morpholine rings is 1. The summed E-state index contributed by atoms with van der Waals surface area (Å²) < 4.78 is 47.4. The molecule has 0 bridgehead atoms. The third-order valence-electron chi connectivity index (χ3n) is 7.27. The van der Waals surface area contributed by atoms with Crippen LogP contribution < -0.4 is 15.1 Å². The predicted octanol–water partition coefficient (Wildman–Crippen LogP) is 5.72. The van der Waals surface area contributed by atoms with E-state index in [1.807, 2.05) is 13.0 Å². The Morgan fingerprint density at radius 3 is 2.51 bits per heavy atom. The molecular weight excluding hydrogens is 525 g/mol. The maximum atomic E-state index is 13.7. The van der Waals surface area contributed by atoms with Crippen LogP contribution in [0.2, 0.25) is 0 Å². The van der Waals surface area contributed by atoms with E-state index >= 15 is 0 Å². The van der Waals surface area contributed by atoms with Gasteiger partial charge in [0.2, 0.25) is 0 Å². The van der Waals surface area contributed by atoms with Crippen LogP contribution in [0, 0.1) is 5.41 Å². The van der Waals surface area contributed by atoms with Crippen molar-refractivity contribution in [2.75, 3.05) is 47.9 Å². The monoisotopic (exact) mass is 552 g/mol. The first-order chi connectivity index (χ1) is 16.6. The second kappa shape index (κ2) is 9.28. The zero-order chi connectivity index (χ0) is 24.8. The number of nitrogens with zero attached hydrogens (tertiary/aromatic N) is 3. The van der Waals surface area contributed by atoms with Crippen molar-refractivity contribution in [1.82, 2.24) is 4.98 Å². The van der Waals surface area contributed by atoms with Gasteiger partial charge in [-0.1, -0.05) is 15.9 Å². The van der Waals surface area contributed by atoms with Gasteiger partial charge in [0.25, 0.3) is 5.91 Å². The maximum Gasteiger partial charge on any atom is 0.416 e. The Morgan fingerprint density at radius 1 is 1.11 bits per heavy atom. The molecule has 1 aromatic carbocycles. The van der Waals surface area contributed by atoms with E-state index in [-0.39, 0.29) is 17.7 Å². The van der Waals surface area contributed by atoms with E-state index in [0.717, 1.165) is 48.2 Å². The molecule has 6 nitrogen and oxygen atoms in total. The van der Waals surface area contributed by atoms with Gasteiger partial charge in [0.05, 0.1) is 29.5 Å². The lowest BCUT2D eigenvalue weighted by atomic mass is 9.93. The van der Waals surface area contributed by atoms with Crippen LogP contribution in [-0.2, 0) is 10.9 Å². The number of anilines is 3. The van der Waals surface area contributed by atoms with Gasteiger partial charge in [0, 0.05) is 30.7 Å². The van der Waals surface area contributed by atoms with Crippen LogP contribution in [0.1, 0.15) is 48.5 Å². The second-order valence-corrected chi connectivity index (χ2v) is 10.7. The number of halogens is 4. The molecular formula is C25H28BrF3N4O2. The third-order valence-corrected chi connectivity index (χ3v) is 7.77. The maximum absolute atomic E-state index is 13.7. The summed E-state index contributed by atoms with van der Waals surface area (Å²) >= 11 is 3.49. The molecule has 3 aliphatic rings. The molecule has 0 unspecified atom stereocenters. The summed E-state index contributed by atoms with van der Waals surface area (Å²) in [5, 5.41) is 2.64. The molecule has 35 heavy (non-hydrogen) atoms. The number of piperidine rings is 1. The molecule has 188 valence electrons. The number of nitrogens with one attached hydrogen (secondary N) is 1. The van der Waals surface area contributed by atoms with Gasteiger partial charge in [-0.15, -0.1) is 0 Å². The number of aromatic nitrogens is 1. The van der Waals surface area contributed by atoms with Crippen LogP contribution in [0.5, 0.6) is 0 Å². The number of ether oxygens (including phenoxy) is 1. The summed E-state index contributed by atoms with van der Waals surface area (Å²) in [6.07, 6.45) is 0.0530. The molecule has 1 aromatic heterocycles. The van der Waals surface area contributed by atoms with Gasteiger partial charge in [-0.3, -0.25) is 4.79 Å². The molecule has 1 N–H and O–H groups in total. The molecule has 1 atom stereocenters. The van der Waals surface area contributed by atoms with E-state index in [1.54, 1.807) is 17.0 Å². The Hall–Kier alpha value is -2.33. The molecule has 1 saturated carbocycles. The van der Waals surface area contributed by atoms with Crippen LogP contribution in [0.25, 0.3) is 0 Å². The van der Waals surface area contributed by atoms with Crippen molar-refractivity contribution in [1.29, 1.82) is 0 Å². The van der Waals surface area contributed by atoms with Gasteiger partial charge < -0.3 is 19.9 Å². The van der Waals surface area contributed by atoms with Crippen molar-refractivity contribution in [2.24, 2.45) is 5.41 Å². The Morgan fingerprint density at radius 2 is 1.86 bits per heavy atom. The molecule has 3 fully saturated rings. The second-order valence-electron chi connectivity index (χ2n) is 9.83. The Kier molecular flexibility index (Phi) is 6.46. The Bertz CT molecular complexity index is 1110. The van der Waals surface area contributed by atoms with Gasteiger partial charge >= 0.3 is 6.18 Å². The van der Waals surface area contributed by atoms with Crippen LogP contribution in [-0.4, -0.2) is 49.8 Å². The number of carbonyl (C=O) groups is 1. The Balaban J connectivity index is 1.42. The van der Waals surface area contributed by atoms with Crippen LogP contribution in [0.4, 0.5) is 30.5 Å². The third kappa shape index (κ3) is 5.43. The lowest BCUT2D eigenvalue weighted by Gasteiger charge is -2.35. The van der Waals surface area contributed by atoms with Gasteiger partial charge in [0.15, 0.2) is 0 Å². The van der Waals surface area contributed by atoms with E-state index in [4.69, 9.17) is 4.74 Å². The minimum absolute atomic E-state index is 0.122. The van der Waals surface area contributed by atoms with Gasteiger partial charge in [-0.05, 0) is 68.4 Å². The average Bonchev–Trinajstić information content (AvgIpc) is 3.57. The summed E-state index contributed by atoms with van der Waals surface area (Å²) in [7, 11) is 0. The summed E-state index contributed by atoms with van der Waals surface area (Å²) in [5.41, 5.74) is 0.835. The van der Waals surface area contributed by atoms with Gasteiger partial charge in [0.1, 0.15) is 11.6 Å². The molecule has 2 saturated heterocycles. The molecule has 5 rings (SSSR count). The number of alkyl halides is 3. The molecule has 1 spiro atoms. The quantitative estimate of drug-likeness (QED) is 0.525.